The van der Waals surface area contributed by atoms with E-state index in [1.807, 2.05) is 12.1 Å². The van der Waals surface area contributed by atoms with E-state index in [0.29, 0.717) is 24.9 Å². The number of methoxy groups -OCH3 is 2. The van der Waals surface area contributed by atoms with Crippen LogP contribution in [0.5, 0.6) is 0 Å². The average Bonchev–Trinajstić information content (AvgIpc) is 2.61. The molecule has 3 atom stereocenters. The summed E-state index contributed by atoms with van der Waals surface area (Å²) in [5.41, 5.74) is 6.87. The van der Waals surface area contributed by atoms with Crippen molar-refractivity contribution in [2.24, 2.45) is 0 Å². The van der Waals surface area contributed by atoms with Crippen LogP contribution in [0, 0.1) is 5.82 Å². The van der Waals surface area contributed by atoms with Gasteiger partial charge in [0.25, 0.3) is 0 Å². The van der Waals surface area contributed by atoms with Crippen molar-refractivity contribution in [2.45, 2.75) is 31.7 Å². The van der Waals surface area contributed by atoms with Crippen LogP contribution in [0.1, 0.15) is 27.8 Å². The molecule has 0 saturated carbocycles. The Morgan fingerprint density at radius 3 is 2.00 bits per heavy atom. The van der Waals surface area contributed by atoms with Gasteiger partial charge in [0.15, 0.2) is 0 Å². The first kappa shape index (κ1) is 20.9. The quantitative estimate of drug-likeness (QED) is 0.589. The third-order valence-corrected chi connectivity index (χ3v) is 5.53. The highest BCUT2D eigenvalue weighted by atomic mass is 31.0. The molecular weight excluding hydrogens is 372 g/mol. The fraction of sp³-hybridized carbons (Fsp3) is 0.368. The van der Waals surface area contributed by atoms with Gasteiger partial charge in [0, 0.05) is 19.8 Å². The summed E-state index contributed by atoms with van der Waals surface area (Å²) >= 11 is 0. The summed E-state index contributed by atoms with van der Waals surface area (Å²) in [5.74, 6) is -0.205. The third kappa shape index (κ3) is 4.85. The normalized spacial score (nSPS) is 11.1. The Labute approximate surface area is 156 Å². The third-order valence-electron chi connectivity index (χ3n) is 4.21. The van der Waals surface area contributed by atoms with Crippen molar-refractivity contribution in [1.29, 1.82) is 0 Å². The Bertz CT molecular complexity index is 735. The molecule has 0 aliphatic rings. The minimum atomic E-state index is -0.205. The molecule has 2 nitrogen and oxygen atoms in total. The van der Waals surface area contributed by atoms with Crippen molar-refractivity contribution in [3.05, 3.63) is 57.9 Å². The first-order chi connectivity index (χ1) is 12.1. The molecule has 136 valence electrons. The molecule has 25 heavy (non-hydrogen) atoms. The van der Waals surface area contributed by atoms with Crippen molar-refractivity contribution < 1.29 is 13.9 Å². The largest absolute Gasteiger partial charge is 0.380 e. The smallest absolute Gasteiger partial charge is 0.131 e. The molecule has 0 aromatic heterocycles. The van der Waals surface area contributed by atoms with Gasteiger partial charge in [-0.05, 0) is 64.0 Å². The van der Waals surface area contributed by atoms with Gasteiger partial charge in [0.2, 0.25) is 0 Å². The molecule has 2 aromatic carbocycles. The Morgan fingerprint density at radius 2 is 1.44 bits per heavy atom. The molecule has 0 spiro atoms. The zero-order chi connectivity index (χ0) is 18.4. The standard InChI is InChI=1S/C19H26FO2P3/c1-21-7-14-5-13(6-16(10-24)17(14)11-25)19-15(8-22-2)3-12(9-23)4-18(19)20/h3-6H,7-11,23-25H2,1-2H3. The summed E-state index contributed by atoms with van der Waals surface area (Å²) in [5, 5.41) is 0. The summed E-state index contributed by atoms with van der Waals surface area (Å²) in [6.45, 7) is 0.895. The predicted octanol–water partition coefficient (Wildman–Crippen LogP) is 4.91. The monoisotopic (exact) mass is 398 g/mol. The molecule has 0 radical (unpaired) electrons. The Balaban J connectivity index is 2.70. The van der Waals surface area contributed by atoms with Crippen molar-refractivity contribution in [2.75, 3.05) is 14.2 Å². The van der Waals surface area contributed by atoms with Crippen LogP contribution in [0.2, 0.25) is 0 Å². The molecule has 2 aromatic rings. The Morgan fingerprint density at radius 1 is 0.800 bits per heavy atom. The van der Waals surface area contributed by atoms with E-state index in [-0.39, 0.29) is 5.82 Å². The van der Waals surface area contributed by atoms with E-state index in [1.54, 1.807) is 20.3 Å². The van der Waals surface area contributed by atoms with Crippen molar-refractivity contribution >= 4 is 27.7 Å². The second-order valence-corrected chi connectivity index (χ2v) is 7.09. The highest BCUT2D eigenvalue weighted by Crippen LogP contribution is 2.34. The minimum absolute atomic E-state index is 0.205. The van der Waals surface area contributed by atoms with E-state index in [0.717, 1.165) is 34.6 Å². The lowest BCUT2D eigenvalue weighted by atomic mass is 9.92. The second kappa shape index (κ2) is 10.1. The van der Waals surface area contributed by atoms with Gasteiger partial charge in [0.05, 0.1) is 13.2 Å². The average molecular weight is 398 g/mol. The number of hydrogen-bond acceptors (Lipinski definition) is 2. The molecule has 2 rings (SSSR count). The molecule has 0 aliphatic heterocycles. The van der Waals surface area contributed by atoms with Crippen molar-refractivity contribution in [1.82, 2.24) is 0 Å². The lowest BCUT2D eigenvalue weighted by Crippen LogP contribution is -2.03. The van der Waals surface area contributed by atoms with Gasteiger partial charge in [-0.15, -0.1) is 27.7 Å². The van der Waals surface area contributed by atoms with Crippen LogP contribution in [-0.4, -0.2) is 14.2 Å². The fourth-order valence-electron chi connectivity index (χ4n) is 3.11. The molecule has 6 heteroatoms. The summed E-state index contributed by atoms with van der Waals surface area (Å²) in [6, 6.07) is 7.77. The molecule has 0 N–H and O–H groups in total. The predicted molar refractivity (Wildman–Crippen MR) is 114 cm³/mol. The number of ether oxygens (including phenoxy) is 2. The van der Waals surface area contributed by atoms with Crippen LogP contribution in [-0.2, 0) is 41.2 Å². The lowest BCUT2D eigenvalue weighted by molar-refractivity contribution is 0.184. The second-order valence-electron chi connectivity index (χ2n) is 5.86. The van der Waals surface area contributed by atoms with Gasteiger partial charge in [0.1, 0.15) is 5.82 Å². The maximum absolute atomic E-state index is 14.9. The van der Waals surface area contributed by atoms with Gasteiger partial charge in [-0.2, -0.15) is 0 Å². The zero-order valence-corrected chi connectivity index (χ0v) is 18.2. The topological polar surface area (TPSA) is 18.5 Å². The van der Waals surface area contributed by atoms with E-state index < -0.39 is 0 Å². The molecule has 0 aliphatic carbocycles. The van der Waals surface area contributed by atoms with Gasteiger partial charge in [-0.1, -0.05) is 12.1 Å². The molecule has 0 bridgehead atoms. The first-order valence-corrected chi connectivity index (χ1v) is 10.6. The number of benzene rings is 2. The van der Waals surface area contributed by atoms with Crippen molar-refractivity contribution in [3.63, 3.8) is 0 Å². The van der Waals surface area contributed by atoms with Crippen LogP contribution < -0.4 is 0 Å². The van der Waals surface area contributed by atoms with Crippen LogP contribution in [0.4, 0.5) is 4.39 Å². The van der Waals surface area contributed by atoms with Gasteiger partial charge < -0.3 is 9.47 Å². The summed E-state index contributed by atoms with van der Waals surface area (Å²) < 4.78 is 25.6. The fourth-order valence-corrected chi connectivity index (χ4v) is 4.23. The van der Waals surface area contributed by atoms with Gasteiger partial charge in [-0.3, -0.25) is 0 Å². The number of rotatable bonds is 8. The Kier molecular flexibility index (Phi) is 8.40. The SMILES string of the molecule is COCc1cc(-c2c(F)cc(CP)cc2COC)cc(CP)c1CP. The van der Waals surface area contributed by atoms with Crippen LogP contribution >= 0.6 is 27.7 Å². The Hall–Kier alpha value is -0.420. The zero-order valence-electron chi connectivity index (χ0n) is 14.8. The van der Waals surface area contributed by atoms with Gasteiger partial charge in [-0.25, -0.2) is 4.39 Å². The molecule has 0 heterocycles. The van der Waals surface area contributed by atoms with E-state index in [1.165, 1.54) is 11.1 Å². The van der Waals surface area contributed by atoms with E-state index >= 15 is 0 Å². The molecule has 0 amide bonds. The number of halogens is 1. The molecular formula is C19H26FO2P3. The van der Waals surface area contributed by atoms with E-state index in [9.17, 15) is 4.39 Å². The minimum Gasteiger partial charge on any atom is -0.380 e. The molecule has 3 unspecified atom stereocenters. The molecule has 0 fully saturated rings. The van der Waals surface area contributed by atoms with Crippen LogP contribution in [0.25, 0.3) is 11.1 Å². The summed E-state index contributed by atoms with van der Waals surface area (Å²) in [7, 11) is 11.5. The van der Waals surface area contributed by atoms with Crippen LogP contribution in [0.15, 0.2) is 24.3 Å². The van der Waals surface area contributed by atoms with E-state index in [2.05, 4.69) is 33.8 Å². The first-order valence-electron chi connectivity index (χ1n) is 8.13. The van der Waals surface area contributed by atoms with Crippen molar-refractivity contribution in [3.8, 4) is 11.1 Å². The molecule has 0 saturated heterocycles. The summed E-state index contributed by atoms with van der Waals surface area (Å²) in [4.78, 5) is 0. The van der Waals surface area contributed by atoms with E-state index in [4.69, 9.17) is 9.47 Å². The lowest BCUT2D eigenvalue weighted by Gasteiger charge is -2.18. The highest BCUT2D eigenvalue weighted by molar-refractivity contribution is 7.16. The summed E-state index contributed by atoms with van der Waals surface area (Å²) in [6.07, 6.45) is 2.38. The number of hydrogen-bond donors (Lipinski definition) is 0. The maximum Gasteiger partial charge on any atom is 0.131 e. The highest BCUT2D eigenvalue weighted by Gasteiger charge is 2.16. The van der Waals surface area contributed by atoms with Crippen LogP contribution in [0.3, 0.4) is 0 Å². The van der Waals surface area contributed by atoms with Gasteiger partial charge >= 0.3 is 0 Å². The maximum atomic E-state index is 14.9.